The molecule has 0 amide bonds. The van der Waals surface area contributed by atoms with Crippen LogP contribution in [0.25, 0.3) is 0 Å². The van der Waals surface area contributed by atoms with E-state index in [0.717, 1.165) is 25.7 Å². The molecule has 1 aliphatic carbocycles. The summed E-state index contributed by atoms with van der Waals surface area (Å²) in [5.74, 6) is -0.120. The number of nitrogens with two attached hydrogens (primary N) is 1. The highest BCUT2D eigenvalue weighted by Crippen LogP contribution is 2.32. The first kappa shape index (κ1) is 19.1. The Bertz CT molecular complexity index is 447. The predicted octanol–water partition coefficient (Wildman–Crippen LogP) is 3.95. The molecule has 1 aromatic rings. The van der Waals surface area contributed by atoms with Crippen LogP contribution in [0.3, 0.4) is 0 Å². The Balaban J connectivity index is 0.00000242. The van der Waals surface area contributed by atoms with Crippen molar-refractivity contribution in [3.8, 4) is 5.75 Å². The number of aliphatic hydroxyl groups excluding tert-OH is 1. The van der Waals surface area contributed by atoms with Gasteiger partial charge in [0, 0.05) is 0 Å². The van der Waals surface area contributed by atoms with Crippen molar-refractivity contribution in [2.75, 3.05) is 0 Å². The summed E-state index contributed by atoms with van der Waals surface area (Å²) < 4.78 is 40.1. The van der Waals surface area contributed by atoms with Gasteiger partial charge in [-0.05, 0) is 36.5 Å². The fraction of sp³-hybridized carbons (Fsp3) is 0.600. The number of alkyl halides is 3. The summed E-state index contributed by atoms with van der Waals surface area (Å²) in [4.78, 5) is 0. The zero-order chi connectivity index (χ0) is 15.5. The van der Waals surface area contributed by atoms with Crippen LogP contribution in [0.2, 0.25) is 0 Å². The molecule has 0 saturated heterocycles. The first-order valence-corrected chi connectivity index (χ1v) is 7.16. The third kappa shape index (κ3) is 5.34. The Morgan fingerprint density at radius 3 is 2.14 bits per heavy atom. The fourth-order valence-electron chi connectivity index (χ4n) is 2.86. The van der Waals surface area contributed by atoms with Gasteiger partial charge in [-0.15, -0.1) is 25.6 Å². The summed E-state index contributed by atoms with van der Waals surface area (Å²) in [6, 6.07) is 4.79. The Hall–Kier alpha value is -0.980. The van der Waals surface area contributed by atoms with Crippen molar-refractivity contribution in [3.05, 3.63) is 29.8 Å². The summed E-state index contributed by atoms with van der Waals surface area (Å²) in [6.45, 7) is 0. The quantitative estimate of drug-likeness (QED) is 0.873. The molecular weight excluding hydrogens is 319 g/mol. The molecule has 0 spiro atoms. The molecule has 7 heteroatoms. The molecular formula is C15H21ClF3NO2. The minimum atomic E-state index is -4.70. The van der Waals surface area contributed by atoms with Gasteiger partial charge >= 0.3 is 6.36 Å². The van der Waals surface area contributed by atoms with E-state index in [1.807, 2.05) is 0 Å². The SMILES string of the molecule is Cl.N[C@H](c1ccc(OC(F)(F)F)cc1)[C@@H](O)C1CCCCC1. The highest BCUT2D eigenvalue weighted by molar-refractivity contribution is 5.85. The van der Waals surface area contributed by atoms with Crippen molar-refractivity contribution < 1.29 is 23.0 Å². The number of hydrogen-bond donors (Lipinski definition) is 2. The van der Waals surface area contributed by atoms with E-state index < -0.39 is 18.5 Å². The lowest BCUT2D eigenvalue weighted by Crippen LogP contribution is -2.34. The van der Waals surface area contributed by atoms with Crippen LogP contribution in [-0.4, -0.2) is 17.6 Å². The van der Waals surface area contributed by atoms with Crippen molar-refractivity contribution in [1.29, 1.82) is 0 Å². The largest absolute Gasteiger partial charge is 0.573 e. The van der Waals surface area contributed by atoms with Gasteiger partial charge in [0.25, 0.3) is 0 Å². The zero-order valence-corrected chi connectivity index (χ0v) is 12.9. The van der Waals surface area contributed by atoms with E-state index in [4.69, 9.17) is 5.73 Å². The number of ether oxygens (including phenoxy) is 1. The van der Waals surface area contributed by atoms with Gasteiger partial charge in [-0.1, -0.05) is 31.4 Å². The standard InChI is InChI=1S/C15H20F3NO2.ClH/c16-15(17,18)21-12-8-6-10(7-9-12)13(19)14(20)11-4-2-1-3-5-11;/h6-9,11,13-14,20H,1-5,19H2;1H/t13-,14+;/m1./s1. The highest BCUT2D eigenvalue weighted by Gasteiger charge is 2.31. The summed E-state index contributed by atoms with van der Waals surface area (Å²) >= 11 is 0. The molecule has 2 rings (SSSR count). The van der Waals surface area contributed by atoms with Crippen molar-refractivity contribution in [2.24, 2.45) is 11.7 Å². The van der Waals surface area contributed by atoms with Gasteiger partial charge in [0.15, 0.2) is 0 Å². The van der Waals surface area contributed by atoms with Gasteiger partial charge in [0.05, 0.1) is 12.1 Å². The minimum Gasteiger partial charge on any atom is -0.406 e. The van der Waals surface area contributed by atoms with Crippen LogP contribution in [0.4, 0.5) is 13.2 Å². The first-order valence-electron chi connectivity index (χ1n) is 7.16. The number of rotatable bonds is 4. The molecule has 1 aromatic carbocycles. The molecule has 0 radical (unpaired) electrons. The topological polar surface area (TPSA) is 55.5 Å². The Morgan fingerprint density at radius 1 is 1.09 bits per heavy atom. The number of benzene rings is 1. The Labute approximate surface area is 134 Å². The molecule has 0 heterocycles. The van der Waals surface area contributed by atoms with Crippen LogP contribution in [0.5, 0.6) is 5.75 Å². The van der Waals surface area contributed by atoms with Crippen LogP contribution < -0.4 is 10.5 Å². The maximum atomic E-state index is 12.1. The van der Waals surface area contributed by atoms with Crippen LogP contribution >= 0.6 is 12.4 Å². The number of aliphatic hydroxyl groups is 1. The lowest BCUT2D eigenvalue weighted by Gasteiger charge is -2.30. The van der Waals surface area contributed by atoms with Crippen LogP contribution in [0, 0.1) is 5.92 Å². The molecule has 126 valence electrons. The second kappa shape index (κ2) is 8.04. The molecule has 0 aromatic heterocycles. The predicted molar refractivity (Wildman–Crippen MR) is 79.9 cm³/mol. The Kier molecular flexibility index (Phi) is 6.97. The molecule has 0 aliphatic heterocycles. The van der Waals surface area contributed by atoms with Crippen LogP contribution in [-0.2, 0) is 0 Å². The second-order valence-electron chi connectivity index (χ2n) is 5.53. The number of hydrogen-bond acceptors (Lipinski definition) is 3. The smallest absolute Gasteiger partial charge is 0.406 e. The maximum Gasteiger partial charge on any atom is 0.573 e. The monoisotopic (exact) mass is 339 g/mol. The third-order valence-corrected chi connectivity index (χ3v) is 4.00. The van der Waals surface area contributed by atoms with Crippen molar-refractivity contribution in [3.63, 3.8) is 0 Å². The van der Waals surface area contributed by atoms with Gasteiger partial charge in [0.2, 0.25) is 0 Å². The van der Waals surface area contributed by atoms with Crippen molar-refractivity contribution >= 4 is 12.4 Å². The van der Waals surface area contributed by atoms with Crippen molar-refractivity contribution in [2.45, 2.75) is 50.6 Å². The molecule has 3 N–H and O–H groups in total. The van der Waals surface area contributed by atoms with E-state index >= 15 is 0 Å². The molecule has 0 bridgehead atoms. The lowest BCUT2D eigenvalue weighted by atomic mass is 9.81. The highest BCUT2D eigenvalue weighted by atomic mass is 35.5. The lowest BCUT2D eigenvalue weighted by molar-refractivity contribution is -0.274. The summed E-state index contributed by atoms with van der Waals surface area (Å²) in [5.41, 5.74) is 6.65. The summed E-state index contributed by atoms with van der Waals surface area (Å²) in [7, 11) is 0. The van der Waals surface area contributed by atoms with Crippen LogP contribution in [0.15, 0.2) is 24.3 Å². The average Bonchev–Trinajstić information content (AvgIpc) is 2.46. The fourth-order valence-corrected chi connectivity index (χ4v) is 2.86. The average molecular weight is 340 g/mol. The van der Waals surface area contributed by atoms with E-state index in [-0.39, 0.29) is 24.1 Å². The molecule has 1 saturated carbocycles. The molecule has 0 unspecified atom stereocenters. The zero-order valence-electron chi connectivity index (χ0n) is 12.1. The van der Waals surface area contributed by atoms with E-state index in [0.29, 0.717) is 5.56 Å². The first-order chi connectivity index (χ1) is 9.87. The normalized spacial score (nSPS) is 19.1. The van der Waals surface area contributed by atoms with E-state index in [2.05, 4.69) is 4.74 Å². The van der Waals surface area contributed by atoms with E-state index in [1.165, 1.54) is 30.7 Å². The summed E-state index contributed by atoms with van der Waals surface area (Å²) in [6.07, 6.45) is -0.110. The third-order valence-electron chi connectivity index (χ3n) is 4.00. The number of halogens is 4. The molecule has 22 heavy (non-hydrogen) atoms. The minimum absolute atomic E-state index is 0. The van der Waals surface area contributed by atoms with Crippen molar-refractivity contribution in [1.82, 2.24) is 0 Å². The molecule has 1 aliphatic rings. The maximum absolute atomic E-state index is 12.1. The summed E-state index contributed by atoms with van der Waals surface area (Å²) in [5, 5.41) is 10.3. The van der Waals surface area contributed by atoms with Gasteiger partial charge in [-0.2, -0.15) is 0 Å². The van der Waals surface area contributed by atoms with E-state index in [9.17, 15) is 18.3 Å². The molecule has 3 nitrogen and oxygen atoms in total. The van der Waals surface area contributed by atoms with Gasteiger partial charge in [-0.3, -0.25) is 0 Å². The van der Waals surface area contributed by atoms with Gasteiger partial charge in [0.1, 0.15) is 5.75 Å². The molecule has 1 fully saturated rings. The van der Waals surface area contributed by atoms with Crippen LogP contribution in [0.1, 0.15) is 43.7 Å². The van der Waals surface area contributed by atoms with Gasteiger partial charge < -0.3 is 15.6 Å². The van der Waals surface area contributed by atoms with E-state index in [1.54, 1.807) is 0 Å². The second-order valence-corrected chi connectivity index (χ2v) is 5.53. The van der Waals surface area contributed by atoms with Gasteiger partial charge in [-0.25, -0.2) is 0 Å². The Morgan fingerprint density at radius 2 is 1.64 bits per heavy atom. The molecule has 2 atom stereocenters.